The van der Waals surface area contributed by atoms with Gasteiger partial charge in [-0.3, -0.25) is 9.69 Å². The second-order valence-corrected chi connectivity index (χ2v) is 10.2. The molecular formula is C27H33ClN4O3. The van der Waals surface area contributed by atoms with Crippen LogP contribution in [0, 0.1) is 0 Å². The molecule has 2 N–H and O–H groups in total. The van der Waals surface area contributed by atoms with Crippen molar-refractivity contribution in [1.29, 1.82) is 0 Å². The molecule has 7 nitrogen and oxygen atoms in total. The summed E-state index contributed by atoms with van der Waals surface area (Å²) in [5.74, 6) is 0.244. The highest BCUT2D eigenvalue weighted by Gasteiger charge is 2.42. The molecule has 2 aromatic carbocycles. The number of hydrogen-bond acceptors (Lipinski definition) is 6. The molecule has 2 saturated heterocycles. The van der Waals surface area contributed by atoms with Crippen LogP contribution in [0.2, 0.25) is 5.02 Å². The van der Waals surface area contributed by atoms with E-state index in [0.717, 1.165) is 61.5 Å². The van der Waals surface area contributed by atoms with Crippen LogP contribution in [0.25, 0.3) is 11.1 Å². The summed E-state index contributed by atoms with van der Waals surface area (Å²) >= 11 is 7.02. The van der Waals surface area contributed by atoms with Gasteiger partial charge in [0.05, 0.1) is 36.3 Å². The largest absolute Gasteiger partial charge is 0.378 e. The summed E-state index contributed by atoms with van der Waals surface area (Å²) in [5, 5.41) is 0.603. The third-order valence-corrected chi connectivity index (χ3v) is 7.71. The number of hydrogen-bond donors (Lipinski definition) is 1. The quantitative estimate of drug-likeness (QED) is 0.687. The van der Waals surface area contributed by atoms with Crippen molar-refractivity contribution in [2.75, 3.05) is 37.8 Å². The number of benzene rings is 2. The minimum atomic E-state index is -0.830. The first kappa shape index (κ1) is 24.1. The van der Waals surface area contributed by atoms with Crippen molar-refractivity contribution >= 4 is 29.2 Å². The van der Waals surface area contributed by atoms with Gasteiger partial charge in [-0.1, -0.05) is 41.9 Å². The monoisotopic (exact) mass is 496 g/mol. The van der Waals surface area contributed by atoms with E-state index in [4.69, 9.17) is 31.8 Å². The number of carbonyl (C=O) groups excluding carboxylic acids is 1. The van der Waals surface area contributed by atoms with Gasteiger partial charge >= 0.3 is 0 Å². The minimum Gasteiger partial charge on any atom is -0.378 e. The normalized spacial score (nSPS) is 27.6. The zero-order chi connectivity index (χ0) is 24.6. The van der Waals surface area contributed by atoms with Crippen LogP contribution >= 0.6 is 11.6 Å². The molecule has 0 unspecified atom stereocenters. The van der Waals surface area contributed by atoms with Crippen LogP contribution in [-0.4, -0.2) is 61.8 Å². The number of amides is 1. The molecule has 186 valence electrons. The lowest BCUT2D eigenvalue weighted by Crippen LogP contribution is -2.56. The lowest BCUT2D eigenvalue weighted by Gasteiger charge is -2.41. The van der Waals surface area contributed by atoms with E-state index in [1.54, 1.807) is 4.90 Å². The zero-order valence-electron chi connectivity index (χ0n) is 20.4. The van der Waals surface area contributed by atoms with E-state index in [-0.39, 0.29) is 30.4 Å². The van der Waals surface area contributed by atoms with Crippen molar-refractivity contribution in [3.8, 4) is 11.1 Å². The molecule has 5 rings (SSSR count). The van der Waals surface area contributed by atoms with E-state index in [2.05, 4.69) is 29.2 Å². The van der Waals surface area contributed by atoms with Crippen LogP contribution < -0.4 is 10.6 Å². The van der Waals surface area contributed by atoms with E-state index in [1.807, 2.05) is 32.0 Å². The second-order valence-electron chi connectivity index (χ2n) is 9.86. The summed E-state index contributed by atoms with van der Waals surface area (Å²) in [6.07, 6.45) is 1.84. The van der Waals surface area contributed by atoms with Crippen molar-refractivity contribution < 1.29 is 14.3 Å². The maximum atomic E-state index is 13.4. The topological polar surface area (TPSA) is 80.4 Å². The first-order valence-electron chi connectivity index (χ1n) is 12.4. The fourth-order valence-corrected chi connectivity index (χ4v) is 5.91. The minimum absolute atomic E-state index is 0.0179. The zero-order valence-corrected chi connectivity index (χ0v) is 21.1. The Hall–Kier alpha value is -2.61. The van der Waals surface area contributed by atoms with Gasteiger partial charge in [0.2, 0.25) is 5.91 Å². The van der Waals surface area contributed by atoms with E-state index in [9.17, 15) is 4.79 Å². The molecule has 3 aliphatic heterocycles. The van der Waals surface area contributed by atoms with Gasteiger partial charge < -0.3 is 20.1 Å². The molecule has 3 heterocycles. The van der Waals surface area contributed by atoms with Crippen molar-refractivity contribution in [3.63, 3.8) is 0 Å². The number of rotatable bonds is 4. The molecule has 3 aliphatic rings. The Bertz CT molecular complexity index is 1130. The molecule has 8 heteroatoms. The van der Waals surface area contributed by atoms with Gasteiger partial charge in [0.15, 0.2) is 5.96 Å². The van der Waals surface area contributed by atoms with Crippen LogP contribution in [0.1, 0.15) is 38.7 Å². The Morgan fingerprint density at radius 3 is 2.66 bits per heavy atom. The molecule has 0 spiro atoms. The van der Waals surface area contributed by atoms with E-state index in [1.165, 1.54) is 0 Å². The SMILES string of the molecule is C[C@H]1C[C@@H](N2C(=O)C[C@@](C)(c3cccc(-c4cccc(N5CCOCC5)c4)c3Cl)N=C2N)CCO1. The van der Waals surface area contributed by atoms with Gasteiger partial charge in [-0.2, -0.15) is 0 Å². The van der Waals surface area contributed by atoms with Crippen molar-refractivity contribution in [2.24, 2.45) is 10.7 Å². The number of carbonyl (C=O) groups is 1. The van der Waals surface area contributed by atoms with Gasteiger partial charge in [0.1, 0.15) is 0 Å². The number of anilines is 1. The van der Waals surface area contributed by atoms with E-state index in [0.29, 0.717) is 11.6 Å². The second kappa shape index (κ2) is 9.80. The van der Waals surface area contributed by atoms with Crippen LogP contribution in [0.15, 0.2) is 47.5 Å². The molecule has 0 saturated carbocycles. The van der Waals surface area contributed by atoms with Gasteiger partial charge in [0.25, 0.3) is 0 Å². The molecule has 0 bridgehead atoms. The number of nitrogens with zero attached hydrogens (tertiary/aromatic N) is 3. The predicted octanol–water partition coefficient (Wildman–Crippen LogP) is 4.17. The molecule has 2 fully saturated rings. The van der Waals surface area contributed by atoms with E-state index < -0.39 is 5.54 Å². The highest BCUT2D eigenvalue weighted by atomic mass is 35.5. The lowest BCUT2D eigenvalue weighted by atomic mass is 9.85. The van der Waals surface area contributed by atoms with Crippen molar-refractivity contribution in [3.05, 3.63) is 53.1 Å². The summed E-state index contributed by atoms with van der Waals surface area (Å²) in [6.45, 7) is 7.79. The summed E-state index contributed by atoms with van der Waals surface area (Å²) in [4.78, 5) is 22.2. The standard InChI is InChI=1S/C27H33ClN4O3/c1-18-15-21(9-12-35-18)32-24(33)17-27(2,30-26(32)29)23-8-4-7-22(25(23)28)19-5-3-6-20(16-19)31-10-13-34-14-11-31/h3-8,16,18,21H,9-15,17H2,1-2H3,(H2,29,30)/t18-,21-,27-/m0/s1. The van der Waals surface area contributed by atoms with Crippen LogP contribution in [0.4, 0.5) is 5.69 Å². The summed E-state index contributed by atoms with van der Waals surface area (Å²) in [7, 11) is 0. The average molecular weight is 497 g/mol. The predicted molar refractivity (Wildman–Crippen MR) is 139 cm³/mol. The highest BCUT2D eigenvalue weighted by molar-refractivity contribution is 6.34. The Balaban J connectivity index is 1.46. The molecule has 1 amide bonds. The number of nitrogens with two attached hydrogens (primary N) is 1. The molecule has 0 radical (unpaired) electrons. The number of aliphatic imine (C=N–C) groups is 1. The van der Waals surface area contributed by atoms with Gasteiger partial charge in [-0.15, -0.1) is 0 Å². The maximum Gasteiger partial charge on any atom is 0.232 e. The van der Waals surface area contributed by atoms with E-state index >= 15 is 0 Å². The fraction of sp³-hybridized carbons (Fsp3) is 0.481. The molecular weight excluding hydrogens is 464 g/mol. The Morgan fingerprint density at radius 1 is 1.14 bits per heavy atom. The lowest BCUT2D eigenvalue weighted by molar-refractivity contribution is -0.133. The Morgan fingerprint density at radius 2 is 1.91 bits per heavy atom. The molecule has 2 aromatic rings. The number of halogens is 1. The molecule has 0 aromatic heterocycles. The third-order valence-electron chi connectivity index (χ3n) is 7.31. The average Bonchev–Trinajstić information content (AvgIpc) is 2.84. The van der Waals surface area contributed by atoms with Crippen LogP contribution in [0.3, 0.4) is 0 Å². The Kier molecular flexibility index (Phi) is 6.75. The van der Waals surface area contributed by atoms with Gasteiger partial charge in [-0.05, 0) is 49.9 Å². The van der Waals surface area contributed by atoms with Gasteiger partial charge in [-0.25, -0.2) is 4.99 Å². The Labute approximate surface area is 211 Å². The molecule has 35 heavy (non-hydrogen) atoms. The fourth-order valence-electron chi connectivity index (χ4n) is 5.47. The third kappa shape index (κ3) is 4.77. The number of morpholine rings is 1. The first-order chi connectivity index (χ1) is 16.9. The smallest absolute Gasteiger partial charge is 0.232 e. The number of guanidine groups is 1. The maximum absolute atomic E-state index is 13.4. The van der Waals surface area contributed by atoms with Crippen LogP contribution in [-0.2, 0) is 19.8 Å². The molecule has 0 aliphatic carbocycles. The highest BCUT2D eigenvalue weighted by Crippen LogP contribution is 2.42. The van der Waals surface area contributed by atoms with Crippen LogP contribution in [0.5, 0.6) is 0 Å². The molecule has 3 atom stereocenters. The van der Waals surface area contributed by atoms with Crippen molar-refractivity contribution in [2.45, 2.75) is 50.8 Å². The first-order valence-corrected chi connectivity index (χ1v) is 12.7. The number of ether oxygens (including phenoxy) is 2. The van der Waals surface area contributed by atoms with Crippen molar-refractivity contribution in [1.82, 2.24) is 4.90 Å². The summed E-state index contributed by atoms with van der Waals surface area (Å²) < 4.78 is 11.1. The summed E-state index contributed by atoms with van der Waals surface area (Å²) in [5.41, 5.74) is 9.49. The van der Waals surface area contributed by atoms with Gasteiger partial charge in [0, 0.05) is 37.0 Å². The summed E-state index contributed by atoms with van der Waals surface area (Å²) in [6, 6.07) is 14.4.